The Hall–Kier alpha value is -0.540. The third kappa shape index (κ3) is 2.71. The average Bonchev–Trinajstić information content (AvgIpc) is 2.15. The zero-order chi connectivity index (χ0) is 9.84. The summed E-state index contributed by atoms with van der Waals surface area (Å²) in [7, 11) is 0. The minimum Gasteiger partial charge on any atom is -0.411 e. The molecular formula is C9H9BrClNO. The molecule has 0 fully saturated rings. The van der Waals surface area contributed by atoms with Crippen LogP contribution in [-0.2, 0) is 0 Å². The van der Waals surface area contributed by atoms with Crippen molar-refractivity contribution in [2.75, 3.05) is 0 Å². The fourth-order valence-electron chi connectivity index (χ4n) is 0.956. The second-order valence-electron chi connectivity index (χ2n) is 2.66. The van der Waals surface area contributed by atoms with Gasteiger partial charge in [0, 0.05) is 4.47 Å². The van der Waals surface area contributed by atoms with Crippen LogP contribution in [0.4, 0.5) is 0 Å². The van der Waals surface area contributed by atoms with Crippen molar-refractivity contribution in [2.45, 2.75) is 12.3 Å². The van der Waals surface area contributed by atoms with Gasteiger partial charge in [0.15, 0.2) is 0 Å². The molecule has 0 aliphatic carbocycles. The molecule has 0 saturated carbocycles. The zero-order valence-electron chi connectivity index (χ0n) is 7.04. The van der Waals surface area contributed by atoms with Crippen molar-refractivity contribution >= 4 is 33.2 Å². The van der Waals surface area contributed by atoms with E-state index in [2.05, 4.69) is 21.1 Å². The maximum atomic E-state index is 8.53. The first-order chi connectivity index (χ1) is 6.15. The largest absolute Gasteiger partial charge is 0.411 e. The Morgan fingerprint density at radius 3 is 2.85 bits per heavy atom. The van der Waals surface area contributed by atoms with Gasteiger partial charge in [-0.1, -0.05) is 33.2 Å². The van der Waals surface area contributed by atoms with Gasteiger partial charge in [0.1, 0.15) is 0 Å². The summed E-state index contributed by atoms with van der Waals surface area (Å²) in [4.78, 5) is 0. The Morgan fingerprint density at radius 2 is 2.31 bits per heavy atom. The van der Waals surface area contributed by atoms with E-state index < -0.39 is 0 Å². The molecular weight excluding hydrogens is 253 g/mol. The van der Waals surface area contributed by atoms with E-state index in [1.165, 1.54) is 0 Å². The van der Waals surface area contributed by atoms with Crippen LogP contribution in [0, 0.1) is 0 Å². The van der Waals surface area contributed by atoms with E-state index in [1.807, 2.05) is 24.3 Å². The van der Waals surface area contributed by atoms with Crippen LogP contribution in [0.25, 0.3) is 0 Å². The first-order valence-corrected chi connectivity index (χ1v) is 4.96. The van der Waals surface area contributed by atoms with Gasteiger partial charge in [-0.3, -0.25) is 0 Å². The number of hydrogen-bond donors (Lipinski definition) is 1. The smallest absolute Gasteiger partial charge is 0.0998 e. The average molecular weight is 263 g/mol. The van der Waals surface area contributed by atoms with Gasteiger partial charge in [-0.25, -0.2) is 0 Å². The van der Waals surface area contributed by atoms with E-state index >= 15 is 0 Å². The third-order valence-corrected chi connectivity index (χ3v) is 2.73. The maximum Gasteiger partial charge on any atom is 0.0998 e. The Balaban J connectivity index is 2.95. The lowest BCUT2D eigenvalue weighted by molar-refractivity contribution is 0.317. The summed E-state index contributed by atoms with van der Waals surface area (Å²) in [6.07, 6.45) is 0. The van der Waals surface area contributed by atoms with Gasteiger partial charge in [-0.2, -0.15) is 0 Å². The zero-order valence-corrected chi connectivity index (χ0v) is 9.38. The Kier molecular flexibility index (Phi) is 3.75. The third-order valence-electron chi connectivity index (χ3n) is 1.67. The predicted molar refractivity (Wildman–Crippen MR) is 57.6 cm³/mol. The van der Waals surface area contributed by atoms with Crippen LogP contribution in [0.3, 0.4) is 0 Å². The molecule has 13 heavy (non-hydrogen) atoms. The van der Waals surface area contributed by atoms with Crippen molar-refractivity contribution in [3.8, 4) is 0 Å². The van der Waals surface area contributed by atoms with Gasteiger partial charge < -0.3 is 5.21 Å². The molecule has 1 unspecified atom stereocenters. The standard InChI is InChI=1S/C9H9BrClNO/c1-6(12-13)9(11)7-3-2-4-8(10)5-7/h2-5,9,13H,1H3. The van der Waals surface area contributed by atoms with Gasteiger partial charge >= 0.3 is 0 Å². The molecule has 0 spiro atoms. The maximum absolute atomic E-state index is 8.53. The molecule has 70 valence electrons. The quantitative estimate of drug-likeness (QED) is 0.376. The molecule has 2 nitrogen and oxygen atoms in total. The molecule has 0 heterocycles. The van der Waals surface area contributed by atoms with Gasteiger partial charge in [0.25, 0.3) is 0 Å². The van der Waals surface area contributed by atoms with E-state index in [1.54, 1.807) is 6.92 Å². The molecule has 0 saturated heterocycles. The molecule has 0 aromatic heterocycles. The minimum atomic E-state index is -0.373. The van der Waals surface area contributed by atoms with E-state index in [9.17, 15) is 0 Å². The van der Waals surface area contributed by atoms with Crippen molar-refractivity contribution in [2.24, 2.45) is 5.16 Å². The predicted octanol–water partition coefficient (Wildman–Crippen LogP) is 3.58. The highest BCUT2D eigenvalue weighted by Crippen LogP contribution is 2.24. The molecule has 0 aliphatic heterocycles. The SMILES string of the molecule is CC(=NO)C(Cl)c1cccc(Br)c1. The lowest BCUT2D eigenvalue weighted by Gasteiger charge is -2.07. The first-order valence-electron chi connectivity index (χ1n) is 3.73. The summed E-state index contributed by atoms with van der Waals surface area (Å²) in [6.45, 7) is 1.68. The molecule has 1 atom stereocenters. The summed E-state index contributed by atoms with van der Waals surface area (Å²) in [5.41, 5.74) is 1.39. The van der Waals surface area contributed by atoms with Crippen LogP contribution in [0.15, 0.2) is 33.9 Å². The summed E-state index contributed by atoms with van der Waals surface area (Å²) >= 11 is 9.36. The van der Waals surface area contributed by atoms with Gasteiger partial charge in [-0.05, 0) is 24.6 Å². The van der Waals surface area contributed by atoms with E-state index in [0.29, 0.717) is 5.71 Å². The highest BCUT2D eigenvalue weighted by Gasteiger charge is 2.11. The molecule has 4 heteroatoms. The first kappa shape index (κ1) is 10.5. The highest BCUT2D eigenvalue weighted by atomic mass is 79.9. The van der Waals surface area contributed by atoms with E-state index in [4.69, 9.17) is 16.8 Å². The van der Waals surface area contributed by atoms with Crippen LogP contribution in [0.5, 0.6) is 0 Å². The number of alkyl halides is 1. The van der Waals surface area contributed by atoms with Crippen molar-refractivity contribution in [3.05, 3.63) is 34.3 Å². The second kappa shape index (κ2) is 4.63. The molecule has 1 rings (SSSR count). The van der Waals surface area contributed by atoms with Crippen molar-refractivity contribution in [3.63, 3.8) is 0 Å². The Morgan fingerprint density at radius 1 is 1.62 bits per heavy atom. The number of benzene rings is 1. The number of halogens is 2. The number of nitrogens with zero attached hydrogens (tertiary/aromatic N) is 1. The lowest BCUT2D eigenvalue weighted by Crippen LogP contribution is -2.02. The van der Waals surface area contributed by atoms with Gasteiger partial charge in [-0.15, -0.1) is 11.6 Å². The van der Waals surface area contributed by atoms with Crippen molar-refractivity contribution in [1.29, 1.82) is 0 Å². The Bertz CT molecular complexity index is 327. The molecule has 0 amide bonds. The van der Waals surface area contributed by atoms with Gasteiger partial charge in [0.05, 0.1) is 11.1 Å². The molecule has 1 aromatic rings. The van der Waals surface area contributed by atoms with Gasteiger partial charge in [0.2, 0.25) is 0 Å². The summed E-state index contributed by atoms with van der Waals surface area (Å²) < 4.78 is 0.960. The molecule has 0 bridgehead atoms. The Labute approximate surface area is 90.3 Å². The molecule has 0 aliphatic rings. The molecule has 1 N–H and O–H groups in total. The van der Waals surface area contributed by atoms with E-state index in [-0.39, 0.29) is 5.38 Å². The second-order valence-corrected chi connectivity index (χ2v) is 4.01. The minimum absolute atomic E-state index is 0.373. The lowest BCUT2D eigenvalue weighted by atomic mass is 10.1. The van der Waals surface area contributed by atoms with Crippen LogP contribution < -0.4 is 0 Å². The van der Waals surface area contributed by atoms with Crippen LogP contribution in [0.2, 0.25) is 0 Å². The normalized spacial score (nSPS) is 14.2. The van der Waals surface area contributed by atoms with Crippen molar-refractivity contribution < 1.29 is 5.21 Å². The summed E-state index contributed by atoms with van der Waals surface area (Å²) in [5, 5.41) is 11.2. The summed E-state index contributed by atoms with van der Waals surface area (Å²) in [5.74, 6) is 0. The fourth-order valence-corrected chi connectivity index (χ4v) is 1.55. The van der Waals surface area contributed by atoms with Crippen LogP contribution in [-0.4, -0.2) is 10.9 Å². The molecule has 0 radical (unpaired) electrons. The van der Waals surface area contributed by atoms with Crippen LogP contribution >= 0.6 is 27.5 Å². The van der Waals surface area contributed by atoms with Crippen LogP contribution in [0.1, 0.15) is 17.9 Å². The van der Waals surface area contributed by atoms with E-state index in [0.717, 1.165) is 10.0 Å². The summed E-state index contributed by atoms with van der Waals surface area (Å²) in [6, 6.07) is 7.58. The topological polar surface area (TPSA) is 32.6 Å². The fraction of sp³-hybridized carbons (Fsp3) is 0.222. The molecule has 1 aromatic carbocycles. The monoisotopic (exact) mass is 261 g/mol. The number of oxime groups is 1. The number of rotatable bonds is 2. The highest BCUT2D eigenvalue weighted by molar-refractivity contribution is 9.10. The van der Waals surface area contributed by atoms with Crippen molar-refractivity contribution in [1.82, 2.24) is 0 Å². The number of hydrogen-bond acceptors (Lipinski definition) is 2.